The predicted molar refractivity (Wildman–Crippen MR) is 103 cm³/mol. The van der Waals surface area contributed by atoms with E-state index in [1.807, 2.05) is 18.2 Å². The van der Waals surface area contributed by atoms with Crippen molar-refractivity contribution in [3.05, 3.63) is 68.7 Å². The van der Waals surface area contributed by atoms with Crippen LogP contribution in [-0.4, -0.2) is 30.4 Å². The van der Waals surface area contributed by atoms with E-state index in [0.717, 1.165) is 18.5 Å². The first-order valence-corrected chi connectivity index (χ1v) is 9.69. The van der Waals surface area contributed by atoms with E-state index < -0.39 is 5.63 Å². The van der Waals surface area contributed by atoms with Gasteiger partial charge in [-0.05, 0) is 49.5 Å². The number of fused-ring (bicyclic) bond motifs is 1. The van der Waals surface area contributed by atoms with Gasteiger partial charge in [-0.1, -0.05) is 24.3 Å². The highest BCUT2D eigenvalue weighted by Gasteiger charge is 2.25. The van der Waals surface area contributed by atoms with Gasteiger partial charge in [0.25, 0.3) is 5.91 Å². The standard InChI is InChI=1S/C20H20N2O3S/c23-19(15-12-14-6-1-2-7-17(14)25-20(15)24)21-13-16(18-8-5-11-26-18)22-9-3-4-10-22/h1-2,5-8,11-12,16H,3-4,9-10,13H2,(H,21,23)/t16-/m0/s1. The summed E-state index contributed by atoms with van der Waals surface area (Å²) >= 11 is 1.70. The third-order valence-electron chi connectivity index (χ3n) is 4.80. The highest BCUT2D eigenvalue weighted by Crippen LogP contribution is 2.27. The second kappa shape index (κ2) is 7.43. The molecule has 0 aliphatic carbocycles. The summed E-state index contributed by atoms with van der Waals surface area (Å²) in [6, 6.07) is 13.1. The van der Waals surface area contributed by atoms with Crippen LogP contribution in [0, 0.1) is 0 Å². The SMILES string of the molecule is O=C(NC[C@@H](c1cccs1)N1CCCC1)c1cc2ccccc2oc1=O. The maximum Gasteiger partial charge on any atom is 0.349 e. The lowest BCUT2D eigenvalue weighted by molar-refractivity contribution is 0.0935. The van der Waals surface area contributed by atoms with Crippen LogP contribution >= 0.6 is 11.3 Å². The van der Waals surface area contributed by atoms with Crippen molar-refractivity contribution in [2.75, 3.05) is 19.6 Å². The van der Waals surface area contributed by atoms with Gasteiger partial charge >= 0.3 is 5.63 Å². The first-order chi connectivity index (χ1) is 12.7. The summed E-state index contributed by atoms with van der Waals surface area (Å²) in [4.78, 5) is 28.4. The topological polar surface area (TPSA) is 62.6 Å². The van der Waals surface area contributed by atoms with Gasteiger partial charge in [0, 0.05) is 16.8 Å². The van der Waals surface area contributed by atoms with Gasteiger partial charge in [-0.25, -0.2) is 4.79 Å². The Kier molecular flexibility index (Phi) is 4.86. The molecule has 26 heavy (non-hydrogen) atoms. The van der Waals surface area contributed by atoms with Crippen LogP contribution in [0.5, 0.6) is 0 Å². The molecular formula is C20H20N2O3S. The minimum atomic E-state index is -0.602. The van der Waals surface area contributed by atoms with Gasteiger partial charge in [-0.15, -0.1) is 11.3 Å². The maximum atomic E-state index is 12.6. The van der Waals surface area contributed by atoms with E-state index in [9.17, 15) is 9.59 Å². The normalized spacial score (nSPS) is 16.0. The molecule has 3 heterocycles. The van der Waals surface area contributed by atoms with Gasteiger partial charge in [-0.2, -0.15) is 0 Å². The molecule has 1 amide bonds. The van der Waals surface area contributed by atoms with Gasteiger partial charge in [0.15, 0.2) is 0 Å². The molecule has 134 valence electrons. The Morgan fingerprint density at radius 1 is 1.19 bits per heavy atom. The number of carbonyl (C=O) groups is 1. The monoisotopic (exact) mass is 368 g/mol. The second-order valence-electron chi connectivity index (χ2n) is 6.47. The van der Waals surface area contributed by atoms with Crippen molar-refractivity contribution < 1.29 is 9.21 Å². The highest BCUT2D eigenvalue weighted by molar-refractivity contribution is 7.10. The zero-order valence-electron chi connectivity index (χ0n) is 14.3. The van der Waals surface area contributed by atoms with Crippen LogP contribution in [-0.2, 0) is 0 Å². The quantitative estimate of drug-likeness (QED) is 0.701. The van der Waals surface area contributed by atoms with Crippen LogP contribution in [0.4, 0.5) is 0 Å². The second-order valence-corrected chi connectivity index (χ2v) is 7.45. The van der Waals surface area contributed by atoms with Crippen molar-refractivity contribution in [2.24, 2.45) is 0 Å². The van der Waals surface area contributed by atoms with E-state index in [4.69, 9.17) is 4.42 Å². The lowest BCUT2D eigenvalue weighted by Gasteiger charge is -2.26. The zero-order chi connectivity index (χ0) is 17.9. The number of likely N-dealkylation sites (tertiary alicyclic amines) is 1. The van der Waals surface area contributed by atoms with Crippen LogP contribution in [0.1, 0.15) is 34.1 Å². The molecule has 5 nitrogen and oxygen atoms in total. The first-order valence-electron chi connectivity index (χ1n) is 8.81. The molecule has 1 atom stereocenters. The predicted octanol–water partition coefficient (Wildman–Crippen LogP) is 3.42. The van der Waals surface area contributed by atoms with Crippen molar-refractivity contribution >= 4 is 28.2 Å². The van der Waals surface area contributed by atoms with Crippen LogP contribution in [0.3, 0.4) is 0 Å². The number of nitrogens with one attached hydrogen (secondary N) is 1. The average molecular weight is 368 g/mol. The smallest absolute Gasteiger partial charge is 0.349 e. The van der Waals surface area contributed by atoms with E-state index in [1.165, 1.54) is 17.7 Å². The number of amides is 1. The van der Waals surface area contributed by atoms with Gasteiger partial charge in [0.1, 0.15) is 11.1 Å². The van der Waals surface area contributed by atoms with Crippen LogP contribution < -0.4 is 10.9 Å². The van der Waals surface area contributed by atoms with Gasteiger partial charge in [0.05, 0.1) is 6.04 Å². The molecule has 1 N–H and O–H groups in total. The minimum Gasteiger partial charge on any atom is -0.422 e. The van der Waals surface area contributed by atoms with Crippen molar-refractivity contribution in [3.63, 3.8) is 0 Å². The summed E-state index contributed by atoms with van der Waals surface area (Å²) in [5, 5.41) is 5.73. The molecule has 1 aliphatic rings. The van der Waals surface area contributed by atoms with E-state index in [-0.39, 0.29) is 17.5 Å². The first kappa shape index (κ1) is 17.0. The molecule has 0 saturated carbocycles. The highest BCUT2D eigenvalue weighted by atomic mass is 32.1. The zero-order valence-corrected chi connectivity index (χ0v) is 15.1. The average Bonchev–Trinajstić information content (AvgIpc) is 3.35. The Morgan fingerprint density at radius 2 is 2.00 bits per heavy atom. The maximum absolute atomic E-state index is 12.6. The minimum absolute atomic E-state index is 0.0510. The summed E-state index contributed by atoms with van der Waals surface area (Å²) in [6.07, 6.45) is 2.37. The molecule has 1 fully saturated rings. The molecule has 4 rings (SSSR count). The Morgan fingerprint density at radius 3 is 2.77 bits per heavy atom. The van der Waals surface area contributed by atoms with E-state index in [0.29, 0.717) is 12.1 Å². The van der Waals surface area contributed by atoms with Crippen LogP contribution in [0.15, 0.2) is 57.1 Å². The number of carbonyl (C=O) groups excluding carboxylic acids is 1. The Labute approximate surface area is 155 Å². The summed E-state index contributed by atoms with van der Waals surface area (Å²) in [6.45, 7) is 2.55. The number of para-hydroxylation sites is 1. The third-order valence-corrected chi connectivity index (χ3v) is 5.77. The summed E-state index contributed by atoms with van der Waals surface area (Å²) in [7, 11) is 0. The van der Waals surface area contributed by atoms with Crippen molar-refractivity contribution in [3.8, 4) is 0 Å². The fourth-order valence-corrected chi connectivity index (χ4v) is 4.31. The fraction of sp³-hybridized carbons (Fsp3) is 0.300. The van der Waals surface area contributed by atoms with E-state index in [1.54, 1.807) is 29.5 Å². The molecule has 3 aromatic rings. The molecule has 0 radical (unpaired) electrons. The molecule has 0 spiro atoms. The molecule has 2 aromatic heterocycles. The Hall–Kier alpha value is -2.44. The molecule has 0 unspecified atom stereocenters. The lowest BCUT2D eigenvalue weighted by atomic mass is 10.1. The molecule has 1 saturated heterocycles. The van der Waals surface area contributed by atoms with E-state index >= 15 is 0 Å². The number of hydrogen-bond acceptors (Lipinski definition) is 5. The summed E-state index contributed by atoms with van der Waals surface area (Å²) in [5.41, 5.74) is -0.0623. The number of nitrogens with zero attached hydrogens (tertiary/aromatic N) is 1. The molecule has 1 aliphatic heterocycles. The summed E-state index contributed by atoms with van der Waals surface area (Å²) < 4.78 is 5.27. The molecule has 1 aromatic carbocycles. The van der Waals surface area contributed by atoms with Gasteiger partial charge < -0.3 is 9.73 Å². The number of thiophene rings is 1. The van der Waals surface area contributed by atoms with Crippen molar-refractivity contribution in [2.45, 2.75) is 18.9 Å². The fourth-order valence-electron chi connectivity index (χ4n) is 3.45. The molecule has 6 heteroatoms. The van der Waals surface area contributed by atoms with Crippen molar-refractivity contribution in [1.29, 1.82) is 0 Å². The van der Waals surface area contributed by atoms with Gasteiger partial charge in [-0.3, -0.25) is 9.69 Å². The molecule has 0 bridgehead atoms. The number of hydrogen-bond donors (Lipinski definition) is 1. The largest absolute Gasteiger partial charge is 0.422 e. The van der Waals surface area contributed by atoms with E-state index in [2.05, 4.69) is 21.7 Å². The lowest BCUT2D eigenvalue weighted by Crippen LogP contribution is -2.37. The summed E-state index contributed by atoms with van der Waals surface area (Å²) in [5.74, 6) is -0.384. The van der Waals surface area contributed by atoms with Crippen molar-refractivity contribution in [1.82, 2.24) is 10.2 Å². The Balaban J connectivity index is 1.53. The van der Waals surface area contributed by atoms with Gasteiger partial charge in [0.2, 0.25) is 0 Å². The van der Waals surface area contributed by atoms with Crippen LogP contribution in [0.2, 0.25) is 0 Å². The Bertz CT molecular complexity index is 959. The van der Waals surface area contributed by atoms with Crippen LogP contribution in [0.25, 0.3) is 11.0 Å². The third kappa shape index (κ3) is 3.43. The number of rotatable bonds is 5. The molecular weight excluding hydrogens is 348 g/mol. The number of benzene rings is 1.